The van der Waals surface area contributed by atoms with E-state index in [9.17, 15) is 8.42 Å². The highest BCUT2D eigenvalue weighted by Gasteiger charge is 2.33. The average Bonchev–Trinajstić information content (AvgIpc) is 2.52. The van der Waals surface area contributed by atoms with Crippen molar-refractivity contribution in [3.8, 4) is 0 Å². The van der Waals surface area contributed by atoms with Gasteiger partial charge in [-0.3, -0.25) is 4.31 Å². The SMILES string of the molecule is CC1CN(c2cccc(CN)c2)S(=O)(=O)C1. The van der Waals surface area contributed by atoms with Crippen LogP contribution in [-0.4, -0.2) is 20.7 Å². The first-order valence-corrected chi connectivity index (χ1v) is 6.93. The molecule has 0 aliphatic carbocycles. The highest BCUT2D eigenvalue weighted by Crippen LogP contribution is 2.27. The summed E-state index contributed by atoms with van der Waals surface area (Å²) in [5.74, 6) is 0.423. The van der Waals surface area contributed by atoms with Gasteiger partial charge >= 0.3 is 0 Å². The first-order valence-electron chi connectivity index (χ1n) is 5.32. The summed E-state index contributed by atoms with van der Waals surface area (Å²) in [5, 5.41) is 0. The minimum absolute atomic E-state index is 0.187. The van der Waals surface area contributed by atoms with Crippen molar-refractivity contribution >= 4 is 15.7 Å². The lowest BCUT2D eigenvalue weighted by Gasteiger charge is -2.17. The Kier molecular flexibility index (Phi) is 2.90. The van der Waals surface area contributed by atoms with Gasteiger partial charge in [0.05, 0.1) is 11.4 Å². The van der Waals surface area contributed by atoms with Crippen LogP contribution >= 0.6 is 0 Å². The summed E-state index contributed by atoms with van der Waals surface area (Å²) in [6.07, 6.45) is 0. The maximum atomic E-state index is 11.9. The lowest BCUT2D eigenvalue weighted by Crippen LogP contribution is -2.25. The zero-order valence-corrected chi connectivity index (χ0v) is 10.1. The largest absolute Gasteiger partial charge is 0.326 e. The average molecular weight is 240 g/mol. The molecule has 1 aromatic carbocycles. The molecule has 0 amide bonds. The van der Waals surface area contributed by atoms with Crippen LogP contribution in [0.2, 0.25) is 0 Å². The molecular formula is C11H16N2O2S. The standard InChI is InChI=1S/C11H16N2O2S/c1-9-7-13(16(14,15)8-9)11-4-2-3-10(5-11)6-12/h2-5,9H,6-8,12H2,1H3. The van der Waals surface area contributed by atoms with Crippen LogP contribution in [0.25, 0.3) is 0 Å². The summed E-state index contributed by atoms with van der Waals surface area (Å²) in [5.41, 5.74) is 7.22. The van der Waals surface area contributed by atoms with Crippen molar-refractivity contribution in [2.75, 3.05) is 16.6 Å². The molecule has 1 heterocycles. The number of nitrogens with two attached hydrogens (primary N) is 1. The second kappa shape index (κ2) is 4.07. The number of nitrogens with zero attached hydrogens (tertiary/aromatic N) is 1. The van der Waals surface area contributed by atoms with Crippen LogP contribution in [0.3, 0.4) is 0 Å². The van der Waals surface area contributed by atoms with Crippen LogP contribution in [-0.2, 0) is 16.6 Å². The molecule has 0 bridgehead atoms. The molecule has 0 saturated carbocycles. The molecule has 1 aliphatic rings. The van der Waals surface area contributed by atoms with Gasteiger partial charge in [-0.2, -0.15) is 0 Å². The van der Waals surface area contributed by atoms with Gasteiger partial charge in [0.2, 0.25) is 10.0 Å². The number of benzene rings is 1. The van der Waals surface area contributed by atoms with Gasteiger partial charge in [-0.05, 0) is 23.6 Å². The maximum absolute atomic E-state index is 11.9. The van der Waals surface area contributed by atoms with Crippen molar-refractivity contribution in [1.29, 1.82) is 0 Å². The van der Waals surface area contributed by atoms with E-state index in [1.165, 1.54) is 4.31 Å². The van der Waals surface area contributed by atoms with E-state index < -0.39 is 10.0 Å². The summed E-state index contributed by atoms with van der Waals surface area (Å²) in [6.45, 7) is 2.94. The van der Waals surface area contributed by atoms with E-state index in [0.717, 1.165) is 11.3 Å². The number of hydrogen-bond donors (Lipinski definition) is 1. The molecule has 4 nitrogen and oxygen atoms in total. The summed E-state index contributed by atoms with van der Waals surface area (Å²) >= 11 is 0. The lowest BCUT2D eigenvalue weighted by molar-refractivity contribution is 0.598. The predicted octanol–water partition coefficient (Wildman–Crippen LogP) is 0.931. The van der Waals surface area contributed by atoms with E-state index in [4.69, 9.17) is 5.73 Å². The Morgan fingerprint density at radius 1 is 1.50 bits per heavy atom. The second-order valence-electron chi connectivity index (χ2n) is 4.29. The molecule has 0 radical (unpaired) electrons. The van der Waals surface area contributed by atoms with Crippen molar-refractivity contribution in [2.45, 2.75) is 13.5 Å². The summed E-state index contributed by atoms with van der Waals surface area (Å²) in [7, 11) is -3.12. The first kappa shape index (κ1) is 11.4. The van der Waals surface area contributed by atoms with E-state index in [1.807, 2.05) is 31.2 Å². The third-order valence-corrected chi connectivity index (χ3v) is 4.76. The minimum Gasteiger partial charge on any atom is -0.326 e. The van der Waals surface area contributed by atoms with Crippen LogP contribution < -0.4 is 10.0 Å². The Morgan fingerprint density at radius 3 is 2.81 bits per heavy atom. The fourth-order valence-electron chi connectivity index (χ4n) is 2.00. The Balaban J connectivity index is 2.37. The zero-order chi connectivity index (χ0) is 11.8. The zero-order valence-electron chi connectivity index (χ0n) is 9.26. The number of hydrogen-bond acceptors (Lipinski definition) is 3. The fourth-order valence-corrected chi connectivity index (χ4v) is 3.92. The maximum Gasteiger partial charge on any atom is 0.235 e. The molecular weight excluding hydrogens is 224 g/mol. The van der Waals surface area contributed by atoms with Gasteiger partial charge in [-0.25, -0.2) is 8.42 Å². The van der Waals surface area contributed by atoms with Crippen LogP contribution in [0.15, 0.2) is 24.3 Å². The van der Waals surface area contributed by atoms with Gasteiger partial charge in [0, 0.05) is 13.1 Å². The predicted molar refractivity (Wildman–Crippen MR) is 64.6 cm³/mol. The van der Waals surface area contributed by atoms with E-state index in [1.54, 1.807) is 0 Å². The Morgan fingerprint density at radius 2 is 2.25 bits per heavy atom. The molecule has 1 saturated heterocycles. The molecule has 1 fully saturated rings. The summed E-state index contributed by atoms with van der Waals surface area (Å²) < 4.78 is 25.2. The van der Waals surface area contributed by atoms with Crippen molar-refractivity contribution in [1.82, 2.24) is 0 Å². The normalized spacial score (nSPS) is 23.6. The summed E-state index contributed by atoms with van der Waals surface area (Å²) in [6, 6.07) is 7.40. The molecule has 0 spiro atoms. The molecule has 1 unspecified atom stereocenters. The van der Waals surface area contributed by atoms with Crippen LogP contribution in [0.5, 0.6) is 0 Å². The Bertz CT molecular complexity index is 485. The van der Waals surface area contributed by atoms with Crippen molar-refractivity contribution in [3.05, 3.63) is 29.8 Å². The molecule has 2 N–H and O–H groups in total. The highest BCUT2D eigenvalue weighted by molar-refractivity contribution is 7.93. The molecule has 0 aromatic heterocycles. The molecule has 16 heavy (non-hydrogen) atoms. The van der Waals surface area contributed by atoms with E-state index in [2.05, 4.69) is 0 Å². The molecule has 5 heteroatoms. The highest BCUT2D eigenvalue weighted by atomic mass is 32.2. The summed E-state index contributed by atoms with van der Waals surface area (Å²) in [4.78, 5) is 0. The van der Waals surface area contributed by atoms with Crippen molar-refractivity contribution in [3.63, 3.8) is 0 Å². The number of anilines is 1. The molecule has 2 rings (SSSR count). The molecule has 1 aliphatic heterocycles. The van der Waals surface area contributed by atoms with Gasteiger partial charge in [-0.15, -0.1) is 0 Å². The first-order chi connectivity index (χ1) is 7.53. The second-order valence-corrected chi connectivity index (χ2v) is 6.23. The van der Waals surface area contributed by atoms with Crippen molar-refractivity contribution < 1.29 is 8.42 Å². The number of sulfonamides is 1. The topological polar surface area (TPSA) is 63.4 Å². The van der Waals surface area contributed by atoms with Crippen LogP contribution in [0, 0.1) is 5.92 Å². The van der Waals surface area contributed by atoms with Gasteiger partial charge < -0.3 is 5.73 Å². The fraction of sp³-hybridized carbons (Fsp3) is 0.455. The quantitative estimate of drug-likeness (QED) is 0.836. The molecule has 1 atom stereocenters. The monoisotopic (exact) mass is 240 g/mol. The van der Waals surface area contributed by atoms with Crippen molar-refractivity contribution in [2.24, 2.45) is 11.7 Å². The van der Waals surface area contributed by atoms with Crippen LogP contribution in [0.1, 0.15) is 12.5 Å². The minimum atomic E-state index is -3.12. The third-order valence-electron chi connectivity index (χ3n) is 2.74. The smallest absolute Gasteiger partial charge is 0.235 e. The van der Waals surface area contributed by atoms with E-state index >= 15 is 0 Å². The van der Waals surface area contributed by atoms with E-state index in [0.29, 0.717) is 13.1 Å². The Labute approximate surface area is 96.1 Å². The van der Waals surface area contributed by atoms with Gasteiger partial charge in [-0.1, -0.05) is 19.1 Å². The van der Waals surface area contributed by atoms with E-state index in [-0.39, 0.29) is 11.7 Å². The van der Waals surface area contributed by atoms with Gasteiger partial charge in [0.1, 0.15) is 0 Å². The molecule has 88 valence electrons. The van der Waals surface area contributed by atoms with Crippen LogP contribution in [0.4, 0.5) is 5.69 Å². The van der Waals surface area contributed by atoms with Gasteiger partial charge in [0.25, 0.3) is 0 Å². The Hall–Kier alpha value is -1.07. The van der Waals surface area contributed by atoms with Gasteiger partial charge in [0.15, 0.2) is 0 Å². The number of rotatable bonds is 2. The lowest BCUT2D eigenvalue weighted by atomic mass is 10.2. The molecule has 1 aromatic rings. The third kappa shape index (κ3) is 2.05.